The summed E-state index contributed by atoms with van der Waals surface area (Å²) in [5, 5.41) is 7.02. The van der Waals surface area contributed by atoms with Crippen molar-refractivity contribution in [1.29, 1.82) is 0 Å². The molecule has 0 saturated carbocycles. The normalized spacial score (nSPS) is 21.4. The van der Waals surface area contributed by atoms with Crippen LogP contribution in [0, 0.1) is 5.92 Å². The van der Waals surface area contributed by atoms with E-state index in [9.17, 15) is 4.79 Å². The second kappa shape index (κ2) is 7.67. The number of thioether (sulfide) groups is 1. The highest BCUT2D eigenvalue weighted by Gasteiger charge is 2.21. The number of rotatable bonds is 5. The molecule has 0 bridgehead atoms. The SMILES string of the molecule is CCCNC(=O)C(C)NC1=NC(C(C)C)CCS1. The molecule has 2 N–H and O–H groups in total. The highest BCUT2D eigenvalue weighted by molar-refractivity contribution is 8.13. The molecule has 104 valence electrons. The number of carbonyl (C=O) groups is 1. The van der Waals surface area contributed by atoms with Gasteiger partial charge in [0.05, 0.1) is 6.04 Å². The molecule has 0 radical (unpaired) electrons. The van der Waals surface area contributed by atoms with Crippen molar-refractivity contribution < 1.29 is 4.79 Å². The van der Waals surface area contributed by atoms with Crippen molar-refractivity contribution >= 4 is 22.8 Å². The Labute approximate surface area is 114 Å². The summed E-state index contributed by atoms with van der Waals surface area (Å²) in [5.41, 5.74) is 0. The van der Waals surface area contributed by atoms with Gasteiger partial charge in [-0.1, -0.05) is 32.5 Å². The number of hydrogen-bond acceptors (Lipinski definition) is 4. The molecule has 1 rings (SSSR count). The van der Waals surface area contributed by atoms with Crippen LogP contribution in [0.1, 0.15) is 40.5 Å². The van der Waals surface area contributed by atoms with Gasteiger partial charge in [-0.05, 0) is 25.7 Å². The molecule has 1 heterocycles. The van der Waals surface area contributed by atoms with Crippen LogP contribution in [0.25, 0.3) is 0 Å². The third kappa shape index (κ3) is 4.88. The van der Waals surface area contributed by atoms with Gasteiger partial charge < -0.3 is 10.6 Å². The van der Waals surface area contributed by atoms with E-state index in [1.54, 1.807) is 11.8 Å². The lowest BCUT2D eigenvalue weighted by Crippen LogP contribution is -2.45. The zero-order chi connectivity index (χ0) is 13.5. The molecule has 0 aromatic heterocycles. The van der Waals surface area contributed by atoms with Gasteiger partial charge in [-0.15, -0.1) is 0 Å². The fraction of sp³-hybridized carbons (Fsp3) is 0.846. The Morgan fingerprint density at radius 1 is 1.50 bits per heavy atom. The van der Waals surface area contributed by atoms with Crippen molar-refractivity contribution in [3.8, 4) is 0 Å². The number of nitrogens with one attached hydrogen (secondary N) is 2. The largest absolute Gasteiger partial charge is 0.354 e. The summed E-state index contributed by atoms with van der Waals surface area (Å²) in [6.45, 7) is 9.05. The van der Waals surface area contributed by atoms with Crippen LogP contribution in [0.4, 0.5) is 0 Å². The first-order valence-corrected chi connectivity index (χ1v) is 7.78. The molecule has 2 unspecified atom stereocenters. The van der Waals surface area contributed by atoms with E-state index < -0.39 is 0 Å². The predicted molar refractivity (Wildman–Crippen MR) is 79.0 cm³/mol. The van der Waals surface area contributed by atoms with E-state index in [-0.39, 0.29) is 11.9 Å². The summed E-state index contributed by atoms with van der Waals surface area (Å²) in [6.07, 6.45) is 2.09. The Balaban J connectivity index is 2.48. The van der Waals surface area contributed by atoms with Gasteiger partial charge in [0.2, 0.25) is 5.91 Å². The number of aliphatic imine (C=N–C) groups is 1. The maximum absolute atomic E-state index is 11.8. The molecule has 1 aliphatic rings. The lowest BCUT2D eigenvalue weighted by atomic mass is 10.0. The van der Waals surface area contributed by atoms with Crippen molar-refractivity contribution in [2.45, 2.75) is 52.6 Å². The van der Waals surface area contributed by atoms with Gasteiger partial charge in [-0.2, -0.15) is 0 Å². The molecule has 0 fully saturated rings. The number of amides is 1. The average molecular weight is 271 g/mol. The van der Waals surface area contributed by atoms with Crippen molar-refractivity contribution in [3.05, 3.63) is 0 Å². The number of carbonyl (C=O) groups excluding carboxylic acids is 1. The highest BCUT2D eigenvalue weighted by atomic mass is 32.2. The van der Waals surface area contributed by atoms with E-state index in [1.165, 1.54) is 0 Å². The second-order valence-electron chi connectivity index (χ2n) is 5.04. The van der Waals surface area contributed by atoms with Crippen molar-refractivity contribution in [2.24, 2.45) is 10.9 Å². The van der Waals surface area contributed by atoms with Gasteiger partial charge in [-0.25, -0.2) is 0 Å². The van der Waals surface area contributed by atoms with Gasteiger partial charge in [0, 0.05) is 12.3 Å². The quantitative estimate of drug-likeness (QED) is 0.804. The molecular weight excluding hydrogens is 246 g/mol. The predicted octanol–water partition coefficient (Wildman–Crippen LogP) is 2.01. The summed E-state index contributed by atoms with van der Waals surface area (Å²) in [4.78, 5) is 16.4. The number of hydrogen-bond donors (Lipinski definition) is 2. The molecule has 1 amide bonds. The summed E-state index contributed by atoms with van der Waals surface area (Å²) in [5.74, 6) is 1.69. The molecule has 0 saturated heterocycles. The van der Waals surface area contributed by atoms with E-state index in [2.05, 4.69) is 29.5 Å². The van der Waals surface area contributed by atoms with E-state index in [0.29, 0.717) is 12.0 Å². The van der Waals surface area contributed by atoms with Crippen molar-refractivity contribution in [1.82, 2.24) is 10.6 Å². The minimum absolute atomic E-state index is 0.0480. The smallest absolute Gasteiger partial charge is 0.242 e. The summed E-state index contributed by atoms with van der Waals surface area (Å²) in [7, 11) is 0. The van der Waals surface area contributed by atoms with E-state index in [4.69, 9.17) is 0 Å². The fourth-order valence-electron chi connectivity index (χ4n) is 1.74. The van der Waals surface area contributed by atoms with E-state index in [0.717, 1.165) is 30.3 Å². The summed E-state index contributed by atoms with van der Waals surface area (Å²) >= 11 is 1.71. The minimum atomic E-state index is -0.214. The van der Waals surface area contributed by atoms with Crippen LogP contribution in [0.5, 0.6) is 0 Å². The molecule has 4 nitrogen and oxygen atoms in total. The lowest BCUT2D eigenvalue weighted by molar-refractivity contribution is -0.122. The zero-order valence-electron chi connectivity index (χ0n) is 11.8. The topological polar surface area (TPSA) is 53.5 Å². The van der Waals surface area contributed by atoms with Gasteiger partial charge in [0.15, 0.2) is 5.17 Å². The Morgan fingerprint density at radius 3 is 2.83 bits per heavy atom. The zero-order valence-corrected chi connectivity index (χ0v) is 12.6. The lowest BCUT2D eigenvalue weighted by Gasteiger charge is -2.25. The summed E-state index contributed by atoms with van der Waals surface area (Å²) in [6, 6.07) is 0.174. The highest BCUT2D eigenvalue weighted by Crippen LogP contribution is 2.21. The third-order valence-corrected chi connectivity index (χ3v) is 3.92. The monoisotopic (exact) mass is 271 g/mol. The third-order valence-electron chi connectivity index (χ3n) is 2.99. The Kier molecular flexibility index (Phi) is 6.54. The van der Waals surface area contributed by atoms with E-state index in [1.807, 2.05) is 13.8 Å². The molecule has 18 heavy (non-hydrogen) atoms. The van der Waals surface area contributed by atoms with Crippen LogP contribution >= 0.6 is 11.8 Å². The Hall–Kier alpha value is -0.710. The maximum atomic E-state index is 11.8. The second-order valence-corrected chi connectivity index (χ2v) is 6.12. The van der Waals surface area contributed by atoms with Crippen LogP contribution in [-0.2, 0) is 4.79 Å². The first-order valence-electron chi connectivity index (χ1n) is 6.79. The molecule has 5 heteroatoms. The minimum Gasteiger partial charge on any atom is -0.354 e. The Morgan fingerprint density at radius 2 is 2.22 bits per heavy atom. The molecule has 0 aliphatic carbocycles. The van der Waals surface area contributed by atoms with Gasteiger partial charge in [0.25, 0.3) is 0 Å². The average Bonchev–Trinajstić information content (AvgIpc) is 2.36. The van der Waals surface area contributed by atoms with Gasteiger partial charge in [-0.3, -0.25) is 9.79 Å². The molecule has 1 aliphatic heterocycles. The standard InChI is InChI=1S/C13H25N3OS/c1-5-7-14-12(17)10(4)15-13-16-11(9(2)3)6-8-18-13/h9-11H,5-8H2,1-4H3,(H,14,17)(H,15,16). The van der Waals surface area contributed by atoms with Crippen molar-refractivity contribution in [3.63, 3.8) is 0 Å². The molecule has 0 aromatic carbocycles. The molecule has 2 atom stereocenters. The Bertz CT molecular complexity index is 305. The van der Waals surface area contributed by atoms with Gasteiger partial charge >= 0.3 is 0 Å². The van der Waals surface area contributed by atoms with Crippen molar-refractivity contribution in [2.75, 3.05) is 12.3 Å². The number of nitrogens with zero attached hydrogens (tertiary/aromatic N) is 1. The summed E-state index contributed by atoms with van der Waals surface area (Å²) < 4.78 is 0. The van der Waals surface area contributed by atoms with Crippen LogP contribution in [0.3, 0.4) is 0 Å². The van der Waals surface area contributed by atoms with Crippen LogP contribution in [0.15, 0.2) is 4.99 Å². The van der Waals surface area contributed by atoms with Crippen LogP contribution in [-0.4, -0.2) is 35.5 Å². The van der Waals surface area contributed by atoms with E-state index >= 15 is 0 Å². The first kappa shape index (κ1) is 15.3. The van der Waals surface area contributed by atoms with Crippen LogP contribution < -0.4 is 10.6 Å². The first-order chi connectivity index (χ1) is 8.54. The van der Waals surface area contributed by atoms with Gasteiger partial charge in [0.1, 0.15) is 6.04 Å². The molecular formula is C13H25N3OS. The number of amidine groups is 1. The molecule has 0 spiro atoms. The fourth-order valence-corrected chi connectivity index (χ4v) is 2.76. The maximum Gasteiger partial charge on any atom is 0.242 e. The molecule has 0 aromatic rings. The van der Waals surface area contributed by atoms with Crippen LogP contribution in [0.2, 0.25) is 0 Å².